The van der Waals surface area contributed by atoms with E-state index in [0.29, 0.717) is 5.41 Å². The Morgan fingerprint density at radius 1 is 0.737 bits per heavy atom. The third kappa shape index (κ3) is 4.80. The number of hydrogen-bond donors (Lipinski definition) is 0. The van der Waals surface area contributed by atoms with Gasteiger partial charge >= 0.3 is 16.6 Å². The van der Waals surface area contributed by atoms with Gasteiger partial charge in [-0.2, -0.15) is 0 Å². The average Bonchev–Trinajstić information content (AvgIpc) is 2.05. The molecular formula is C16H35AlLiO. The Balaban J connectivity index is 0. The van der Waals surface area contributed by atoms with Crippen molar-refractivity contribution < 1.29 is 3.79 Å². The molecule has 0 N–H and O–H groups in total. The van der Waals surface area contributed by atoms with Gasteiger partial charge in [0.25, 0.3) is 0 Å². The zero-order chi connectivity index (χ0) is 14.8. The van der Waals surface area contributed by atoms with E-state index in [9.17, 15) is 0 Å². The second kappa shape index (κ2) is 7.38. The summed E-state index contributed by atoms with van der Waals surface area (Å²) in [6.07, 6.45) is 2.42. The van der Waals surface area contributed by atoms with Crippen molar-refractivity contribution in [3.8, 4) is 0 Å². The van der Waals surface area contributed by atoms with Gasteiger partial charge in [0.15, 0.2) is 0 Å². The van der Waals surface area contributed by atoms with Gasteiger partial charge < -0.3 is 3.79 Å². The van der Waals surface area contributed by atoms with Crippen molar-refractivity contribution in [3.63, 3.8) is 0 Å². The van der Waals surface area contributed by atoms with E-state index in [4.69, 9.17) is 3.79 Å². The zero-order valence-electron chi connectivity index (χ0n) is 15.5. The molecule has 0 rings (SSSR count). The summed E-state index contributed by atoms with van der Waals surface area (Å²) in [6.45, 7) is 22.6. The number of rotatable bonds is 4. The maximum absolute atomic E-state index is 5.41. The predicted molar refractivity (Wildman–Crippen MR) is 90.3 cm³/mol. The monoisotopic (exact) mass is 277 g/mol. The van der Waals surface area contributed by atoms with E-state index in [1.807, 2.05) is 0 Å². The summed E-state index contributed by atoms with van der Waals surface area (Å²) in [5.74, 6) is 0. The van der Waals surface area contributed by atoms with Crippen molar-refractivity contribution in [2.45, 2.75) is 75.2 Å². The summed E-state index contributed by atoms with van der Waals surface area (Å²) in [7, 11) is 0. The molecule has 0 saturated carbocycles. The Hall–Kier alpha value is 1.09. The molecule has 0 aliphatic carbocycles. The Morgan fingerprint density at radius 3 is 1.26 bits per heavy atom. The second-order valence-corrected chi connectivity index (χ2v) is 9.33. The van der Waals surface area contributed by atoms with E-state index >= 15 is 0 Å². The normalized spacial score (nSPS) is 14.2. The summed E-state index contributed by atoms with van der Waals surface area (Å²) in [6, 6.07) is 0. The maximum atomic E-state index is 5.41. The molecule has 0 amide bonds. The van der Waals surface area contributed by atoms with Crippen molar-refractivity contribution in [2.24, 2.45) is 21.7 Å². The largest absolute Gasteiger partial charge is 0.506 e. The molecule has 109 valence electrons. The first-order valence-electron chi connectivity index (χ1n) is 7.30. The quantitative estimate of drug-likeness (QED) is 0.556. The van der Waals surface area contributed by atoms with Gasteiger partial charge in [0, 0.05) is 25.5 Å². The molecule has 3 heteroatoms. The molecule has 0 spiro atoms. The van der Waals surface area contributed by atoms with Crippen LogP contribution in [0.1, 0.15) is 75.2 Å². The third-order valence-corrected chi connectivity index (χ3v) is 5.15. The van der Waals surface area contributed by atoms with Gasteiger partial charge in [-0.1, -0.05) is 62.3 Å². The van der Waals surface area contributed by atoms with E-state index in [1.165, 1.54) is 12.8 Å². The third-order valence-electron chi connectivity index (χ3n) is 4.74. The van der Waals surface area contributed by atoms with Crippen LogP contribution in [0.2, 0.25) is 0 Å². The molecule has 0 atom stereocenters. The molecule has 0 fully saturated rings. The van der Waals surface area contributed by atoms with Crippen LogP contribution in [0.15, 0.2) is 0 Å². The summed E-state index contributed by atoms with van der Waals surface area (Å²) < 4.78 is 5.41. The molecule has 0 heterocycles. The molecule has 1 nitrogen and oxygen atoms in total. The summed E-state index contributed by atoms with van der Waals surface area (Å²) in [4.78, 5) is 0. The smallest absolute Gasteiger partial charge is 0.410 e. The van der Waals surface area contributed by atoms with Crippen LogP contribution >= 0.6 is 0 Å². The molecule has 19 heavy (non-hydrogen) atoms. The Morgan fingerprint density at radius 2 is 1.05 bits per heavy atom. The molecule has 1 radical (unpaired) electrons. The molecule has 0 bridgehead atoms. The molecule has 0 saturated heterocycles. The van der Waals surface area contributed by atoms with E-state index in [1.54, 1.807) is 0 Å². The van der Waals surface area contributed by atoms with Crippen LogP contribution < -0.4 is 0 Å². The fourth-order valence-corrected chi connectivity index (χ4v) is 5.27. The minimum atomic E-state index is 0. The molecule has 0 unspecified atom stereocenters. The fourth-order valence-electron chi connectivity index (χ4n) is 4.98. The van der Waals surface area contributed by atoms with Crippen LogP contribution in [0.4, 0.5) is 0 Å². The Kier molecular flexibility index (Phi) is 8.69. The molecule has 0 aromatic heterocycles. The van der Waals surface area contributed by atoms with Gasteiger partial charge in [-0.15, -0.1) is 0 Å². The molecule has 0 aliphatic rings. The van der Waals surface area contributed by atoms with Crippen molar-refractivity contribution >= 4 is 35.5 Å². The molecule has 0 aliphatic heterocycles. The zero-order valence-corrected chi connectivity index (χ0v) is 17.5. The molecular weight excluding hydrogens is 242 g/mol. The van der Waals surface area contributed by atoms with Crippen LogP contribution in [0, 0.1) is 21.7 Å². The van der Waals surface area contributed by atoms with Gasteiger partial charge in [0.2, 0.25) is 0 Å². The summed E-state index contributed by atoms with van der Waals surface area (Å²) in [5.41, 5.74) is 1.16. The van der Waals surface area contributed by atoms with Crippen LogP contribution in [0.25, 0.3) is 0 Å². The van der Waals surface area contributed by atoms with Crippen LogP contribution in [0.3, 0.4) is 0 Å². The van der Waals surface area contributed by atoms with Crippen molar-refractivity contribution in [1.82, 2.24) is 0 Å². The van der Waals surface area contributed by atoms with Crippen molar-refractivity contribution in [2.75, 3.05) is 6.61 Å². The average molecular weight is 277 g/mol. The van der Waals surface area contributed by atoms with Gasteiger partial charge in [-0.3, -0.25) is 0 Å². The predicted octanol–water partition coefficient (Wildman–Crippen LogP) is 4.08. The molecule has 0 aromatic rings. The molecule has 0 aromatic carbocycles. The van der Waals surface area contributed by atoms with E-state index in [-0.39, 0.29) is 35.1 Å². The SMILES string of the molecule is CC(C)(C)C(CCC[O][AlH2])(C(C)(C)C)C(C)(C)C.[Li]. The van der Waals surface area contributed by atoms with Gasteiger partial charge in [-0.05, 0) is 34.5 Å². The van der Waals surface area contributed by atoms with Crippen LogP contribution in [0.5, 0.6) is 0 Å². The summed E-state index contributed by atoms with van der Waals surface area (Å²) >= 11 is 0.858. The van der Waals surface area contributed by atoms with E-state index < -0.39 is 0 Å². The van der Waals surface area contributed by atoms with Gasteiger partial charge in [0.05, 0.1) is 0 Å². The first kappa shape index (κ1) is 22.4. The number of hydrogen-bond acceptors (Lipinski definition) is 1. The topological polar surface area (TPSA) is 9.23 Å². The van der Waals surface area contributed by atoms with Gasteiger partial charge in [0.1, 0.15) is 0 Å². The Bertz CT molecular complexity index is 219. The minimum Gasteiger partial charge on any atom is -0.506 e. The standard InChI is InChI=1S/C16H33O.Al.Li.2H/c1-13(2,3)16(11-10-12-17,14(4,5)6)15(7,8)9;;;;/h10-12H2,1-9H3;;;;/q-1;+1;;;. The minimum absolute atomic E-state index is 0. The van der Waals surface area contributed by atoms with E-state index in [2.05, 4.69) is 62.3 Å². The van der Waals surface area contributed by atoms with Crippen LogP contribution in [-0.4, -0.2) is 42.1 Å². The Labute approximate surface area is 142 Å². The second-order valence-electron chi connectivity index (χ2n) is 8.75. The fraction of sp³-hybridized carbons (Fsp3) is 1.00. The van der Waals surface area contributed by atoms with E-state index in [0.717, 1.165) is 23.2 Å². The van der Waals surface area contributed by atoms with Crippen molar-refractivity contribution in [3.05, 3.63) is 0 Å². The van der Waals surface area contributed by atoms with Crippen LogP contribution in [-0.2, 0) is 3.79 Å². The first-order chi connectivity index (χ1) is 7.81. The summed E-state index contributed by atoms with van der Waals surface area (Å²) in [5, 5.41) is 0. The van der Waals surface area contributed by atoms with Crippen molar-refractivity contribution in [1.29, 1.82) is 0 Å². The maximum Gasteiger partial charge on any atom is 0.410 e. The first-order valence-corrected chi connectivity index (χ1v) is 8.12. The van der Waals surface area contributed by atoms with Gasteiger partial charge in [-0.25, -0.2) is 0 Å².